The molecule has 0 saturated heterocycles. The molecule has 0 fully saturated rings. The molecule has 0 amide bonds. The van der Waals surface area contributed by atoms with Gasteiger partial charge in [0.2, 0.25) is 0 Å². The molecule has 1 aromatic carbocycles. The maximum Gasteiger partial charge on any atom is 0.124 e. The summed E-state index contributed by atoms with van der Waals surface area (Å²) < 4.78 is 5.80. The van der Waals surface area contributed by atoms with E-state index in [1.807, 2.05) is 30.8 Å². The number of ether oxygens (including phenoxy) is 1. The second kappa shape index (κ2) is 6.52. The van der Waals surface area contributed by atoms with E-state index < -0.39 is 0 Å². The Bertz CT molecular complexity index is 470. The van der Waals surface area contributed by atoms with Crippen molar-refractivity contribution in [2.45, 2.75) is 19.4 Å². The number of nitrogens with one attached hydrogen (secondary N) is 1. The van der Waals surface area contributed by atoms with Gasteiger partial charge in [0.15, 0.2) is 0 Å². The van der Waals surface area contributed by atoms with E-state index in [9.17, 15) is 0 Å². The first kappa shape index (κ1) is 13.1. The van der Waals surface area contributed by atoms with E-state index in [4.69, 9.17) is 4.74 Å². The quantitative estimate of drug-likeness (QED) is 0.867. The van der Waals surface area contributed by atoms with Crippen LogP contribution in [0.1, 0.15) is 30.6 Å². The SMILES string of the molecule is CCCOc1ccccc1C(NC)c1cscn1. The van der Waals surface area contributed by atoms with Crippen molar-refractivity contribution in [3.8, 4) is 5.75 Å². The van der Waals surface area contributed by atoms with E-state index in [0.717, 1.165) is 30.0 Å². The Morgan fingerprint density at radius 2 is 2.22 bits per heavy atom. The molecule has 0 spiro atoms. The van der Waals surface area contributed by atoms with Gasteiger partial charge in [-0.25, -0.2) is 4.98 Å². The second-order valence-corrected chi connectivity index (χ2v) is 4.74. The van der Waals surface area contributed by atoms with Crippen molar-refractivity contribution in [2.75, 3.05) is 13.7 Å². The third-order valence-corrected chi connectivity index (χ3v) is 3.33. The van der Waals surface area contributed by atoms with Crippen LogP contribution in [-0.4, -0.2) is 18.6 Å². The van der Waals surface area contributed by atoms with Crippen LogP contribution in [-0.2, 0) is 0 Å². The van der Waals surface area contributed by atoms with Gasteiger partial charge >= 0.3 is 0 Å². The lowest BCUT2D eigenvalue weighted by Crippen LogP contribution is -2.19. The first-order valence-electron chi connectivity index (χ1n) is 6.14. The summed E-state index contributed by atoms with van der Waals surface area (Å²) >= 11 is 1.61. The molecule has 0 aliphatic heterocycles. The van der Waals surface area contributed by atoms with Gasteiger partial charge < -0.3 is 10.1 Å². The molecule has 0 radical (unpaired) electrons. The Labute approximate surface area is 112 Å². The largest absolute Gasteiger partial charge is 0.493 e. The molecular formula is C14H18N2OS. The number of hydrogen-bond donors (Lipinski definition) is 1. The zero-order valence-electron chi connectivity index (χ0n) is 10.7. The van der Waals surface area contributed by atoms with Crippen molar-refractivity contribution in [2.24, 2.45) is 0 Å². The highest BCUT2D eigenvalue weighted by Crippen LogP contribution is 2.29. The van der Waals surface area contributed by atoms with E-state index in [0.29, 0.717) is 0 Å². The van der Waals surface area contributed by atoms with Crippen LogP contribution < -0.4 is 10.1 Å². The van der Waals surface area contributed by atoms with E-state index in [1.54, 1.807) is 11.3 Å². The van der Waals surface area contributed by atoms with Crippen LogP contribution in [0.3, 0.4) is 0 Å². The number of aromatic nitrogens is 1. The topological polar surface area (TPSA) is 34.1 Å². The molecule has 1 atom stereocenters. The van der Waals surface area contributed by atoms with E-state index in [1.165, 1.54) is 0 Å². The molecule has 4 heteroatoms. The molecule has 3 nitrogen and oxygen atoms in total. The van der Waals surface area contributed by atoms with Crippen LogP contribution in [0, 0.1) is 0 Å². The van der Waals surface area contributed by atoms with Gasteiger partial charge in [-0.2, -0.15) is 0 Å². The maximum absolute atomic E-state index is 5.80. The molecule has 18 heavy (non-hydrogen) atoms. The monoisotopic (exact) mass is 262 g/mol. The normalized spacial score (nSPS) is 12.3. The summed E-state index contributed by atoms with van der Waals surface area (Å²) in [5, 5.41) is 5.37. The molecule has 0 saturated carbocycles. The fourth-order valence-electron chi connectivity index (χ4n) is 1.89. The summed E-state index contributed by atoms with van der Waals surface area (Å²) in [4.78, 5) is 4.39. The molecule has 1 aromatic heterocycles. The number of hydrogen-bond acceptors (Lipinski definition) is 4. The van der Waals surface area contributed by atoms with Crippen LogP contribution in [0.4, 0.5) is 0 Å². The average Bonchev–Trinajstić information content (AvgIpc) is 2.92. The van der Waals surface area contributed by atoms with Crippen molar-refractivity contribution in [3.63, 3.8) is 0 Å². The van der Waals surface area contributed by atoms with Crippen molar-refractivity contribution < 1.29 is 4.74 Å². The fraction of sp³-hybridized carbons (Fsp3) is 0.357. The molecule has 2 rings (SSSR count). The van der Waals surface area contributed by atoms with Crippen LogP contribution in [0.5, 0.6) is 5.75 Å². The zero-order chi connectivity index (χ0) is 12.8. The van der Waals surface area contributed by atoms with Crippen LogP contribution in [0.2, 0.25) is 0 Å². The van der Waals surface area contributed by atoms with Gasteiger partial charge in [-0.3, -0.25) is 0 Å². The van der Waals surface area contributed by atoms with Crippen LogP contribution in [0.25, 0.3) is 0 Å². The van der Waals surface area contributed by atoms with Gasteiger partial charge in [0, 0.05) is 10.9 Å². The lowest BCUT2D eigenvalue weighted by molar-refractivity contribution is 0.312. The Hall–Kier alpha value is -1.39. The fourth-order valence-corrected chi connectivity index (χ4v) is 2.47. The molecule has 96 valence electrons. The Balaban J connectivity index is 2.30. The van der Waals surface area contributed by atoms with Gasteiger partial charge in [-0.1, -0.05) is 25.1 Å². The number of nitrogens with zero attached hydrogens (tertiary/aromatic N) is 1. The minimum Gasteiger partial charge on any atom is -0.493 e. The van der Waals surface area contributed by atoms with Crippen molar-refractivity contribution >= 4 is 11.3 Å². The summed E-state index contributed by atoms with van der Waals surface area (Å²) in [6.07, 6.45) is 1.01. The number of thiazole rings is 1. The van der Waals surface area contributed by atoms with Crippen molar-refractivity contribution in [1.29, 1.82) is 0 Å². The lowest BCUT2D eigenvalue weighted by atomic mass is 10.0. The van der Waals surface area contributed by atoms with Gasteiger partial charge in [-0.15, -0.1) is 11.3 Å². The molecular weight excluding hydrogens is 244 g/mol. The van der Waals surface area contributed by atoms with E-state index >= 15 is 0 Å². The summed E-state index contributed by atoms with van der Waals surface area (Å²) in [5.41, 5.74) is 4.03. The molecule has 1 unspecified atom stereocenters. The van der Waals surface area contributed by atoms with Gasteiger partial charge in [0.25, 0.3) is 0 Å². The average molecular weight is 262 g/mol. The van der Waals surface area contributed by atoms with Gasteiger partial charge in [0.05, 0.1) is 23.9 Å². The minimum atomic E-state index is 0.0873. The predicted octanol–water partition coefficient (Wildman–Crippen LogP) is 3.24. The number of benzene rings is 1. The first-order valence-corrected chi connectivity index (χ1v) is 7.08. The van der Waals surface area contributed by atoms with Crippen LogP contribution in [0.15, 0.2) is 35.2 Å². The van der Waals surface area contributed by atoms with E-state index in [-0.39, 0.29) is 6.04 Å². The highest BCUT2D eigenvalue weighted by molar-refractivity contribution is 7.07. The minimum absolute atomic E-state index is 0.0873. The lowest BCUT2D eigenvalue weighted by Gasteiger charge is -2.18. The van der Waals surface area contributed by atoms with E-state index in [2.05, 4.69) is 28.7 Å². The summed E-state index contributed by atoms with van der Waals surface area (Å²) in [5.74, 6) is 0.937. The third kappa shape index (κ3) is 2.89. The smallest absolute Gasteiger partial charge is 0.124 e. The molecule has 0 aliphatic carbocycles. The number of para-hydroxylation sites is 1. The molecule has 1 heterocycles. The van der Waals surface area contributed by atoms with Crippen LogP contribution >= 0.6 is 11.3 Å². The van der Waals surface area contributed by atoms with Crippen molar-refractivity contribution in [1.82, 2.24) is 10.3 Å². The summed E-state index contributed by atoms with van der Waals surface area (Å²) in [6.45, 7) is 2.85. The molecule has 0 bridgehead atoms. The highest BCUT2D eigenvalue weighted by Gasteiger charge is 2.17. The summed E-state index contributed by atoms with van der Waals surface area (Å²) in [6, 6.07) is 8.23. The van der Waals surface area contributed by atoms with Crippen molar-refractivity contribution in [3.05, 3.63) is 46.4 Å². The Kier molecular flexibility index (Phi) is 4.73. The molecule has 2 aromatic rings. The predicted molar refractivity (Wildman–Crippen MR) is 75.2 cm³/mol. The first-order chi connectivity index (χ1) is 8.86. The highest BCUT2D eigenvalue weighted by atomic mass is 32.1. The van der Waals surface area contributed by atoms with Gasteiger partial charge in [0.1, 0.15) is 5.75 Å². The second-order valence-electron chi connectivity index (χ2n) is 4.02. The Morgan fingerprint density at radius 1 is 1.39 bits per heavy atom. The standard InChI is InChI=1S/C14H18N2OS/c1-3-8-17-13-7-5-4-6-11(13)14(15-2)12-9-18-10-16-12/h4-7,9-10,14-15H,3,8H2,1-2H3. The molecule has 0 aliphatic rings. The maximum atomic E-state index is 5.80. The Morgan fingerprint density at radius 3 is 2.89 bits per heavy atom. The van der Waals surface area contributed by atoms with Gasteiger partial charge in [-0.05, 0) is 19.5 Å². The molecule has 1 N–H and O–H groups in total. The zero-order valence-corrected chi connectivity index (χ0v) is 11.5. The summed E-state index contributed by atoms with van der Waals surface area (Å²) in [7, 11) is 1.95. The number of rotatable bonds is 6. The third-order valence-electron chi connectivity index (χ3n) is 2.73.